The van der Waals surface area contributed by atoms with Gasteiger partial charge >= 0.3 is 5.69 Å². The molecule has 0 bridgehead atoms. The van der Waals surface area contributed by atoms with Gasteiger partial charge in [0, 0.05) is 18.2 Å². The number of anilines is 1. The number of rotatable bonds is 4. The number of aliphatic hydroxyl groups is 1. The van der Waals surface area contributed by atoms with E-state index < -0.39 is 52.8 Å². The van der Waals surface area contributed by atoms with Gasteiger partial charge < -0.3 is 20.3 Å². The van der Waals surface area contributed by atoms with Crippen molar-refractivity contribution in [2.45, 2.75) is 31.7 Å². The van der Waals surface area contributed by atoms with Gasteiger partial charge in [-0.25, -0.2) is 4.79 Å². The molecule has 1 aromatic heterocycles. The summed E-state index contributed by atoms with van der Waals surface area (Å²) in [4.78, 5) is 47.9. The molecular formula is C14H15N3O7. The summed E-state index contributed by atoms with van der Waals surface area (Å²) in [6.07, 6.45) is -0.0269. The van der Waals surface area contributed by atoms with Gasteiger partial charge in [0.2, 0.25) is 0 Å². The van der Waals surface area contributed by atoms with Gasteiger partial charge in [0.15, 0.2) is 5.75 Å². The maximum atomic E-state index is 11.9. The summed E-state index contributed by atoms with van der Waals surface area (Å²) in [6.45, 7) is 1.13. The average molecular weight is 337 g/mol. The fourth-order valence-corrected chi connectivity index (χ4v) is 2.72. The number of aromatic nitrogens is 2. The van der Waals surface area contributed by atoms with Gasteiger partial charge in [-0.15, -0.1) is 0 Å². The van der Waals surface area contributed by atoms with Crippen molar-refractivity contribution in [3.8, 4) is 5.75 Å². The molecule has 3 rings (SSSR count). The first kappa shape index (κ1) is 16.1. The standard InChI is InChI=1S/C14H15N3O7/c1-5-3-17(14(23)16-13(5)22)8-2-6(7(4-18)24-8)15-9-10(19)12(21)11(9)20/h3,6-8,15,18-19H,2,4H2,1H3,(H,16,22,23)/t6-,7+,8+/m0/s1. The second-order valence-corrected chi connectivity index (χ2v) is 5.66. The molecule has 0 amide bonds. The number of aromatic amines is 1. The molecule has 24 heavy (non-hydrogen) atoms. The number of aliphatic hydroxyl groups excluding tert-OH is 1. The zero-order valence-electron chi connectivity index (χ0n) is 12.6. The van der Waals surface area contributed by atoms with Gasteiger partial charge in [-0.05, 0) is 6.92 Å². The van der Waals surface area contributed by atoms with Crippen molar-refractivity contribution in [2.24, 2.45) is 0 Å². The van der Waals surface area contributed by atoms with Crippen molar-refractivity contribution in [1.82, 2.24) is 9.55 Å². The highest BCUT2D eigenvalue weighted by molar-refractivity contribution is 5.61. The first-order valence-corrected chi connectivity index (χ1v) is 7.20. The van der Waals surface area contributed by atoms with Gasteiger partial charge in [-0.1, -0.05) is 0 Å². The molecule has 0 radical (unpaired) electrons. The number of hydrogen-bond donors (Lipinski definition) is 4. The molecule has 4 N–H and O–H groups in total. The zero-order chi connectivity index (χ0) is 17.6. The lowest BCUT2D eigenvalue weighted by molar-refractivity contribution is -0.0262. The summed E-state index contributed by atoms with van der Waals surface area (Å²) in [7, 11) is 0. The lowest BCUT2D eigenvalue weighted by atomic mass is 10.1. The minimum absolute atomic E-state index is 0.175. The van der Waals surface area contributed by atoms with E-state index in [0.717, 1.165) is 0 Å². The molecule has 2 aromatic rings. The fraction of sp³-hybridized carbons (Fsp3) is 0.429. The Kier molecular flexibility index (Phi) is 3.85. The van der Waals surface area contributed by atoms with Crippen LogP contribution in [0.2, 0.25) is 0 Å². The molecule has 0 saturated carbocycles. The van der Waals surface area contributed by atoms with Crippen LogP contribution in [-0.2, 0) is 4.74 Å². The van der Waals surface area contributed by atoms with Crippen LogP contribution in [0.15, 0.2) is 25.4 Å². The molecular weight excluding hydrogens is 322 g/mol. The summed E-state index contributed by atoms with van der Waals surface area (Å²) < 4.78 is 6.76. The largest absolute Gasteiger partial charge is 0.502 e. The molecule has 1 saturated heterocycles. The molecule has 1 aliphatic rings. The minimum atomic E-state index is -0.971. The maximum absolute atomic E-state index is 11.9. The van der Waals surface area contributed by atoms with E-state index in [1.54, 1.807) is 0 Å². The summed E-state index contributed by atoms with van der Waals surface area (Å²) >= 11 is 0. The molecule has 0 spiro atoms. The van der Waals surface area contributed by atoms with Gasteiger partial charge in [0.1, 0.15) is 18.0 Å². The Hall–Kier alpha value is -2.72. The topological polar surface area (TPSA) is 151 Å². The van der Waals surface area contributed by atoms with Gasteiger partial charge in [0.25, 0.3) is 16.4 Å². The van der Waals surface area contributed by atoms with Crippen LogP contribution >= 0.6 is 0 Å². The van der Waals surface area contributed by atoms with Gasteiger partial charge in [0.05, 0.1) is 12.6 Å². The Morgan fingerprint density at radius 1 is 1.33 bits per heavy atom. The second-order valence-electron chi connectivity index (χ2n) is 5.66. The molecule has 0 aliphatic carbocycles. The van der Waals surface area contributed by atoms with Crippen LogP contribution < -0.4 is 27.4 Å². The number of aryl methyl sites for hydroxylation is 1. The number of H-pyrrole nitrogens is 1. The van der Waals surface area contributed by atoms with Gasteiger partial charge in [-0.3, -0.25) is 23.9 Å². The van der Waals surface area contributed by atoms with Crippen molar-refractivity contribution < 1.29 is 14.9 Å². The molecule has 2 heterocycles. The van der Waals surface area contributed by atoms with Crippen molar-refractivity contribution in [2.75, 3.05) is 11.9 Å². The second kappa shape index (κ2) is 5.73. The predicted octanol–water partition coefficient (Wildman–Crippen LogP) is -2.09. The number of hydrogen-bond acceptors (Lipinski definition) is 8. The van der Waals surface area contributed by atoms with Crippen LogP contribution in [0.5, 0.6) is 5.75 Å². The monoisotopic (exact) mass is 337 g/mol. The van der Waals surface area contributed by atoms with E-state index in [4.69, 9.17) is 4.74 Å². The van der Waals surface area contributed by atoms with Crippen LogP contribution in [0, 0.1) is 6.92 Å². The third-order valence-electron chi connectivity index (χ3n) is 4.09. The fourth-order valence-electron chi connectivity index (χ4n) is 2.72. The first-order valence-electron chi connectivity index (χ1n) is 7.20. The van der Waals surface area contributed by atoms with Crippen LogP contribution in [-0.4, -0.2) is 38.5 Å². The molecule has 0 unspecified atom stereocenters. The van der Waals surface area contributed by atoms with E-state index in [2.05, 4.69) is 10.3 Å². The van der Waals surface area contributed by atoms with E-state index in [-0.39, 0.29) is 12.1 Å². The van der Waals surface area contributed by atoms with Crippen molar-refractivity contribution in [3.63, 3.8) is 0 Å². The minimum Gasteiger partial charge on any atom is -0.502 e. The number of aromatic hydroxyl groups is 1. The summed E-state index contributed by atoms with van der Waals surface area (Å²) in [5.74, 6) is -0.655. The summed E-state index contributed by atoms with van der Waals surface area (Å²) in [6, 6.07) is -0.603. The van der Waals surface area contributed by atoms with E-state index in [1.165, 1.54) is 17.7 Å². The molecule has 1 fully saturated rings. The van der Waals surface area contributed by atoms with Crippen LogP contribution in [0.25, 0.3) is 0 Å². The molecule has 1 aromatic carbocycles. The van der Waals surface area contributed by atoms with Crippen molar-refractivity contribution >= 4 is 5.69 Å². The average Bonchev–Trinajstić information content (AvgIpc) is 2.97. The van der Waals surface area contributed by atoms with E-state index in [1.807, 2.05) is 0 Å². The molecule has 1 aliphatic heterocycles. The van der Waals surface area contributed by atoms with E-state index in [0.29, 0.717) is 5.56 Å². The maximum Gasteiger partial charge on any atom is 0.330 e. The van der Waals surface area contributed by atoms with E-state index >= 15 is 0 Å². The van der Waals surface area contributed by atoms with Crippen LogP contribution in [0.1, 0.15) is 18.2 Å². The third kappa shape index (κ3) is 2.45. The molecule has 128 valence electrons. The summed E-state index contributed by atoms with van der Waals surface area (Å²) in [5.41, 5.74) is -2.89. The van der Waals surface area contributed by atoms with Crippen LogP contribution in [0.4, 0.5) is 5.69 Å². The lowest BCUT2D eigenvalue weighted by Crippen LogP contribution is -2.40. The van der Waals surface area contributed by atoms with Crippen molar-refractivity contribution in [1.29, 1.82) is 0 Å². The zero-order valence-corrected chi connectivity index (χ0v) is 12.6. The quantitative estimate of drug-likeness (QED) is 0.464. The number of nitrogens with one attached hydrogen (secondary N) is 2. The Labute approximate surface area is 133 Å². The predicted molar refractivity (Wildman–Crippen MR) is 82.1 cm³/mol. The highest BCUT2D eigenvalue weighted by atomic mass is 16.5. The smallest absolute Gasteiger partial charge is 0.330 e. The SMILES string of the molecule is Cc1cn([C@H]2C[C@H](Nc3c(O)c(=O)c3=O)[C@@H](CO)O2)c(=O)[nH]c1=O. The van der Waals surface area contributed by atoms with Crippen molar-refractivity contribution in [3.05, 3.63) is 53.0 Å². The highest BCUT2D eigenvalue weighted by Gasteiger charge is 2.38. The van der Waals surface area contributed by atoms with Crippen LogP contribution in [0.3, 0.4) is 0 Å². The number of ether oxygens (including phenoxy) is 1. The molecule has 3 atom stereocenters. The van der Waals surface area contributed by atoms with E-state index in [9.17, 15) is 29.4 Å². The lowest BCUT2D eigenvalue weighted by Gasteiger charge is -2.19. The first-order chi connectivity index (χ1) is 11.3. The Bertz CT molecular complexity index is 966. The number of nitrogens with zero attached hydrogens (tertiary/aromatic N) is 1. The highest BCUT2D eigenvalue weighted by Crippen LogP contribution is 2.30. The Morgan fingerprint density at radius 2 is 2.04 bits per heavy atom. The van der Waals surface area contributed by atoms with Gasteiger partial charge in [-0.2, -0.15) is 0 Å². The molecule has 10 heteroatoms. The summed E-state index contributed by atoms with van der Waals surface area (Å²) in [5, 5.41) is 21.5. The third-order valence-corrected chi connectivity index (χ3v) is 4.09. The Balaban J connectivity index is 1.86. The normalized spacial score (nSPS) is 23.7. The molecule has 10 nitrogen and oxygen atoms in total. The Morgan fingerprint density at radius 3 is 2.67 bits per heavy atom.